The Morgan fingerprint density at radius 2 is 1.83 bits per heavy atom. The zero-order valence-corrected chi connectivity index (χ0v) is 26.5. The van der Waals surface area contributed by atoms with Crippen LogP contribution in [0.5, 0.6) is 0 Å². The van der Waals surface area contributed by atoms with Gasteiger partial charge >= 0.3 is 5.97 Å². The van der Waals surface area contributed by atoms with E-state index in [1.54, 1.807) is 35.8 Å². The third-order valence-corrected chi connectivity index (χ3v) is 8.87. The second kappa shape index (κ2) is 12.6. The summed E-state index contributed by atoms with van der Waals surface area (Å²) in [7, 11) is 0. The number of hydrogen-bond acceptors (Lipinski definition) is 8. The molecule has 6 rings (SSSR count). The molecular weight excluding hydrogens is 602 g/mol. The minimum absolute atomic E-state index is 0.0417. The van der Waals surface area contributed by atoms with Crippen molar-refractivity contribution in [2.45, 2.75) is 39.7 Å². The number of furan rings is 1. The number of aryl methyl sites for hydroxylation is 1. The molecule has 3 aromatic carbocycles. The number of nitro benzene ring substituents is 1. The molecule has 3 heterocycles. The lowest BCUT2D eigenvalue weighted by atomic mass is 9.91. The molecule has 0 spiro atoms. The normalized spacial score (nSPS) is 14.7. The average Bonchev–Trinajstić information content (AvgIpc) is 3.64. The predicted octanol–water partition coefficient (Wildman–Crippen LogP) is 6.54. The first-order chi connectivity index (χ1) is 22.2. The van der Waals surface area contributed by atoms with Crippen LogP contribution in [0.15, 0.2) is 105 Å². The number of nitro groups is 1. The van der Waals surface area contributed by atoms with Gasteiger partial charge in [-0.25, -0.2) is 9.79 Å². The van der Waals surface area contributed by atoms with E-state index in [2.05, 4.69) is 13.8 Å². The van der Waals surface area contributed by atoms with Crippen LogP contribution in [0.3, 0.4) is 0 Å². The molecule has 0 saturated heterocycles. The SMILES string of the molecule is CCOC(=O)C1=C(c2ccccc2)N=c2s/c(=C\c3ccc(-c4cc([N+](=O)[O-])ccc4C)o3)c(=O)n2C1c1ccc(C(C)C)cc1. The first-order valence-electron chi connectivity index (χ1n) is 14.9. The van der Waals surface area contributed by atoms with Crippen molar-refractivity contribution in [3.63, 3.8) is 0 Å². The molecule has 0 radical (unpaired) electrons. The van der Waals surface area contributed by atoms with E-state index >= 15 is 0 Å². The number of carbonyl (C=O) groups excluding carboxylic acids is 1. The number of ether oxygens (including phenoxy) is 1. The molecule has 10 heteroatoms. The Bertz CT molecular complexity index is 2170. The van der Waals surface area contributed by atoms with Crippen molar-refractivity contribution < 1.29 is 18.9 Å². The molecule has 0 saturated carbocycles. The van der Waals surface area contributed by atoms with Crippen molar-refractivity contribution in [2.75, 3.05) is 6.61 Å². The molecule has 1 atom stereocenters. The molecule has 1 unspecified atom stereocenters. The fraction of sp³-hybridized carbons (Fsp3) is 0.194. The highest BCUT2D eigenvalue weighted by atomic mass is 32.1. The van der Waals surface area contributed by atoms with Gasteiger partial charge in [0.15, 0.2) is 4.80 Å². The van der Waals surface area contributed by atoms with Crippen LogP contribution >= 0.6 is 11.3 Å². The molecular formula is C36H31N3O6S. The summed E-state index contributed by atoms with van der Waals surface area (Å²) in [5.74, 6) is 0.608. The molecule has 5 aromatic rings. The Kier molecular flexibility index (Phi) is 8.38. The predicted molar refractivity (Wildman–Crippen MR) is 177 cm³/mol. The van der Waals surface area contributed by atoms with Gasteiger partial charge in [0.1, 0.15) is 11.5 Å². The quantitative estimate of drug-likeness (QED) is 0.109. The van der Waals surface area contributed by atoms with Gasteiger partial charge in [0.05, 0.1) is 33.4 Å². The summed E-state index contributed by atoms with van der Waals surface area (Å²) in [5.41, 5.74) is 4.38. The molecule has 1 aliphatic rings. The minimum Gasteiger partial charge on any atom is -0.463 e. The number of nitrogens with zero attached hydrogens (tertiary/aromatic N) is 3. The monoisotopic (exact) mass is 633 g/mol. The molecule has 0 aliphatic carbocycles. The van der Waals surface area contributed by atoms with Gasteiger partial charge in [-0.15, -0.1) is 0 Å². The minimum atomic E-state index is -0.784. The molecule has 2 aromatic heterocycles. The van der Waals surface area contributed by atoms with E-state index in [4.69, 9.17) is 14.1 Å². The summed E-state index contributed by atoms with van der Waals surface area (Å²) >= 11 is 1.20. The van der Waals surface area contributed by atoms with Gasteiger partial charge in [-0.2, -0.15) is 0 Å². The third kappa shape index (κ3) is 5.75. The lowest BCUT2D eigenvalue weighted by molar-refractivity contribution is -0.384. The van der Waals surface area contributed by atoms with Crippen LogP contribution in [0.1, 0.15) is 60.7 Å². The van der Waals surface area contributed by atoms with E-state index in [0.29, 0.717) is 38.0 Å². The summed E-state index contributed by atoms with van der Waals surface area (Å²) in [5, 5.41) is 11.4. The molecule has 9 nitrogen and oxygen atoms in total. The van der Waals surface area contributed by atoms with Gasteiger partial charge in [-0.05, 0) is 48.6 Å². The fourth-order valence-corrected chi connectivity index (χ4v) is 6.49. The second-order valence-corrected chi connectivity index (χ2v) is 12.2. The first-order valence-corrected chi connectivity index (χ1v) is 15.7. The second-order valence-electron chi connectivity index (χ2n) is 11.2. The maximum atomic E-state index is 14.2. The maximum Gasteiger partial charge on any atom is 0.338 e. The van der Waals surface area contributed by atoms with Gasteiger partial charge in [0.2, 0.25) is 0 Å². The number of rotatable bonds is 8. The van der Waals surface area contributed by atoms with Gasteiger partial charge in [0, 0.05) is 29.3 Å². The number of aromatic nitrogens is 1. The molecule has 46 heavy (non-hydrogen) atoms. The van der Waals surface area contributed by atoms with Crippen LogP contribution in [0, 0.1) is 17.0 Å². The van der Waals surface area contributed by atoms with Gasteiger partial charge in [-0.1, -0.05) is 85.8 Å². The Balaban J connectivity index is 1.54. The van der Waals surface area contributed by atoms with Crippen molar-refractivity contribution in [2.24, 2.45) is 4.99 Å². The lowest BCUT2D eigenvalue weighted by Gasteiger charge is -2.26. The highest BCUT2D eigenvalue weighted by Crippen LogP contribution is 2.36. The largest absolute Gasteiger partial charge is 0.463 e. The summed E-state index contributed by atoms with van der Waals surface area (Å²) in [6.07, 6.45) is 1.63. The van der Waals surface area contributed by atoms with Gasteiger partial charge in [0.25, 0.3) is 11.2 Å². The van der Waals surface area contributed by atoms with E-state index in [1.165, 1.54) is 23.5 Å². The van der Waals surface area contributed by atoms with E-state index in [9.17, 15) is 19.7 Å². The summed E-state index contributed by atoms with van der Waals surface area (Å²) in [6.45, 7) is 7.97. The molecule has 0 bridgehead atoms. The summed E-state index contributed by atoms with van der Waals surface area (Å²) in [4.78, 5) is 44.1. The number of hydrogen-bond donors (Lipinski definition) is 0. The van der Waals surface area contributed by atoms with Crippen LogP contribution in [-0.2, 0) is 9.53 Å². The zero-order chi connectivity index (χ0) is 32.5. The first kappa shape index (κ1) is 30.7. The van der Waals surface area contributed by atoms with Crippen molar-refractivity contribution >= 4 is 34.8 Å². The van der Waals surface area contributed by atoms with E-state index in [-0.39, 0.29) is 23.4 Å². The number of non-ortho nitro benzene ring substituents is 1. The van der Waals surface area contributed by atoms with E-state index in [1.807, 2.05) is 61.5 Å². The number of benzene rings is 3. The third-order valence-electron chi connectivity index (χ3n) is 7.89. The molecule has 232 valence electrons. The summed E-state index contributed by atoms with van der Waals surface area (Å²) in [6, 6.07) is 24.6. The van der Waals surface area contributed by atoms with Crippen LogP contribution in [0.25, 0.3) is 23.1 Å². The summed E-state index contributed by atoms with van der Waals surface area (Å²) < 4.78 is 13.5. The smallest absolute Gasteiger partial charge is 0.338 e. The van der Waals surface area contributed by atoms with Crippen LogP contribution < -0.4 is 14.9 Å². The van der Waals surface area contributed by atoms with Gasteiger partial charge in [-0.3, -0.25) is 19.5 Å². The Labute approximate surface area is 268 Å². The molecule has 0 amide bonds. The Morgan fingerprint density at radius 1 is 1.09 bits per heavy atom. The van der Waals surface area contributed by atoms with E-state index < -0.39 is 16.9 Å². The topological polar surface area (TPSA) is 117 Å². The molecule has 1 aliphatic heterocycles. The van der Waals surface area contributed by atoms with E-state index in [0.717, 1.165) is 22.3 Å². The Hall–Kier alpha value is -5.35. The number of fused-ring (bicyclic) bond motifs is 1. The van der Waals surface area contributed by atoms with Crippen molar-refractivity contribution in [1.82, 2.24) is 4.57 Å². The molecule has 0 fully saturated rings. The van der Waals surface area contributed by atoms with Crippen LogP contribution in [-0.4, -0.2) is 22.1 Å². The highest BCUT2D eigenvalue weighted by molar-refractivity contribution is 7.07. The Morgan fingerprint density at radius 3 is 2.50 bits per heavy atom. The molecule has 0 N–H and O–H groups in total. The lowest BCUT2D eigenvalue weighted by Crippen LogP contribution is -2.40. The fourth-order valence-electron chi connectivity index (χ4n) is 5.51. The van der Waals surface area contributed by atoms with Crippen molar-refractivity contribution in [3.8, 4) is 11.3 Å². The van der Waals surface area contributed by atoms with Crippen LogP contribution in [0.2, 0.25) is 0 Å². The maximum absolute atomic E-state index is 14.2. The number of carbonyl (C=O) groups is 1. The average molecular weight is 634 g/mol. The standard InChI is InChI=1S/C36H31N3O6S/c1-5-44-35(41)31-32(24-9-7-6-8-10-24)37-36-38(33(31)25-14-12-23(13-15-25)21(2)3)34(40)30(46-36)20-27-17-18-29(45-27)28-19-26(39(42)43)16-11-22(28)4/h6-21,33H,5H2,1-4H3/b30-20-. The van der Waals surface area contributed by atoms with Crippen LogP contribution in [0.4, 0.5) is 5.69 Å². The number of thiazole rings is 1. The number of esters is 1. The van der Waals surface area contributed by atoms with Crippen molar-refractivity contribution in [3.05, 3.63) is 148 Å². The highest BCUT2D eigenvalue weighted by Gasteiger charge is 2.35. The zero-order valence-electron chi connectivity index (χ0n) is 25.7. The van der Waals surface area contributed by atoms with Gasteiger partial charge < -0.3 is 9.15 Å². The van der Waals surface area contributed by atoms with Crippen molar-refractivity contribution in [1.29, 1.82) is 0 Å².